The summed E-state index contributed by atoms with van der Waals surface area (Å²) in [6.07, 6.45) is 0.586. The van der Waals surface area contributed by atoms with E-state index >= 15 is 0 Å². The predicted molar refractivity (Wildman–Crippen MR) is 71.7 cm³/mol. The van der Waals surface area contributed by atoms with E-state index in [1.165, 1.54) is 20.9 Å². The molecular formula is C13H14OS2. The van der Waals surface area contributed by atoms with Crippen LogP contribution >= 0.6 is 22.7 Å². The first kappa shape index (κ1) is 11.6. The molecule has 0 aliphatic heterocycles. The van der Waals surface area contributed by atoms with Crippen LogP contribution in [0.1, 0.15) is 34.1 Å². The van der Waals surface area contributed by atoms with Crippen molar-refractivity contribution in [2.45, 2.75) is 27.2 Å². The standard InChI is InChI=1S/C13H14OS2/c1-4-10(14)11-7-9(3)13(16-11)12-8(2)5-6-15-12/h5-7H,4H2,1-3H3. The van der Waals surface area contributed by atoms with Crippen molar-refractivity contribution >= 4 is 28.5 Å². The molecule has 1 nitrogen and oxygen atoms in total. The molecule has 0 fully saturated rings. The predicted octanol–water partition coefficient (Wildman–Crippen LogP) is 4.69. The van der Waals surface area contributed by atoms with Crippen molar-refractivity contribution in [3.05, 3.63) is 33.5 Å². The molecular weight excluding hydrogens is 236 g/mol. The molecule has 0 amide bonds. The van der Waals surface area contributed by atoms with Gasteiger partial charge in [0.25, 0.3) is 0 Å². The van der Waals surface area contributed by atoms with Crippen LogP contribution in [0, 0.1) is 13.8 Å². The minimum absolute atomic E-state index is 0.244. The molecule has 0 spiro atoms. The summed E-state index contributed by atoms with van der Waals surface area (Å²) in [5.41, 5.74) is 2.51. The Morgan fingerprint density at radius 2 is 2.00 bits per heavy atom. The monoisotopic (exact) mass is 250 g/mol. The third-order valence-corrected chi connectivity index (χ3v) is 5.04. The Bertz CT molecular complexity index is 520. The zero-order valence-corrected chi connectivity index (χ0v) is 11.3. The lowest BCUT2D eigenvalue weighted by molar-refractivity contribution is 0.0992. The van der Waals surface area contributed by atoms with Gasteiger partial charge in [0, 0.05) is 16.2 Å². The van der Waals surface area contributed by atoms with Crippen molar-refractivity contribution in [3.63, 3.8) is 0 Å². The van der Waals surface area contributed by atoms with E-state index in [-0.39, 0.29) is 5.78 Å². The molecule has 0 radical (unpaired) electrons. The van der Waals surface area contributed by atoms with Crippen LogP contribution in [-0.4, -0.2) is 5.78 Å². The third-order valence-electron chi connectivity index (χ3n) is 2.58. The van der Waals surface area contributed by atoms with Crippen LogP contribution in [-0.2, 0) is 0 Å². The second kappa shape index (κ2) is 4.52. The Morgan fingerprint density at radius 1 is 1.25 bits per heavy atom. The summed E-state index contributed by atoms with van der Waals surface area (Å²) in [5.74, 6) is 0.244. The first-order chi connectivity index (χ1) is 7.63. The highest BCUT2D eigenvalue weighted by molar-refractivity contribution is 7.22. The van der Waals surface area contributed by atoms with Gasteiger partial charge < -0.3 is 0 Å². The van der Waals surface area contributed by atoms with Crippen LogP contribution in [0.4, 0.5) is 0 Å². The Labute approximate surface area is 104 Å². The van der Waals surface area contributed by atoms with Gasteiger partial charge in [0.05, 0.1) is 4.88 Å². The Hall–Kier alpha value is -0.930. The molecule has 0 N–H and O–H groups in total. The third kappa shape index (κ3) is 1.97. The number of Topliss-reactive ketones (excluding diaryl/α,β-unsaturated/α-hetero) is 1. The van der Waals surface area contributed by atoms with Crippen LogP contribution in [0.25, 0.3) is 9.75 Å². The first-order valence-corrected chi connectivity index (χ1v) is 7.01. The number of hydrogen-bond donors (Lipinski definition) is 0. The smallest absolute Gasteiger partial charge is 0.172 e. The second-order valence-electron chi connectivity index (χ2n) is 3.83. The van der Waals surface area contributed by atoms with Gasteiger partial charge in [0.1, 0.15) is 0 Å². The van der Waals surface area contributed by atoms with Gasteiger partial charge in [-0.1, -0.05) is 6.92 Å². The number of carbonyl (C=O) groups is 1. The summed E-state index contributed by atoms with van der Waals surface area (Å²) < 4.78 is 0. The Morgan fingerprint density at radius 3 is 2.56 bits per heavy atom. The number of rotatable bonds is 3. The van der Waals surface area contributed by atoms with E-state index in [0.717, 1.165) is 4.88 Å². The quantitative estimate of drug-likeness (QED) is 0.722. The molecule has 0 aliphatic rings. The molecule has 0 bridgehead atoms. The van der Waals surface area contributed by atoms with Crippen molar-refractivity contribution in [1.29, 1.82) is 0 Å². The SMILES string of the molecule is CCC(=O)c1cc(C)c(-c2sccc2C)s1. The normalized spacial score (nSPS) is 10.7. The highest BCUT2D eigenvalue weighted by Crippen LogP contribution is 2.37. The lowest BCUT2D eigenvalue weighted by Gasteiger charge is -1.96. The molecule has 0 aromatic carbocycles. The minimum Gasteiger partial charge on any atom is -0.293 e. The summed E-state index contributed by atoms with van der Waals surface area (Å²) in [4.78, 5) is 15.1. The zero-order chi connectivity index (χ0) is 11.7. The number of thiophene rings is 2. The summed E-state index contributed by atoms with van der Waals surface area (Å²) in [6.45, 7) is 6.11. The van der Waals surface area contributed by atoms with Crippen LogP contribution in [0.3, 0.4) is 0 Å². The average molecular weight is 250 g/mol. The maximum absolute atomic E-state index is 11.6. The molecule has 2 aromatic heterocycles. The molecule has 84 valence electrons. The summed E-state index contributed by atoms with van der Waals surface area (Å²) in [7, 11) is 0. The van der Waals surface area contributed by atoms with Gasteiger partial charge >= 0.3 is 0 Å². The maximum Gasteiger partial charge on any atom is 0.172 e. The summed E-state index contributed by atoms with van der Waals surface area (Å²) in [5, 5.41) is 2.10. The van der Waals surface area contributed by atoms with Gasteiger partial charge in [-0.3, -0.25) is 4.79 Å². The molecule has 3 heteroatoms. The van der Waals surface area contributed by atoms with E-state index in [9.17, 15) is 4.79 Å². The molecule has 2 heterocycles. The van der Waals surface area contributed by atoms with E-state index in [0.29, 0.717) is 6.42 Å². The summed E-state index contributed by atoms with van der Waals surface area (Å²) in [6, 6.07) is 4.14. The van der Waals surface area contributed by atoms with E-state index < -0.39 is 0 Å². The Kier molecular flexibility index (Phi) is 3.26. The average Bonchev–Trinajstić information content (AvgIpc) is 2.83. The molecule has 0 aliphatic carbocycles. The van der Waals surface area contributed by atoms with Gasteiger partial charge in [0.2, 0.25) is 0 Å². The lowest BCUT2D eigenvalue weighted by atomic mass is 10.2. The van der Waals surface area contributed by atoms with Gasteiger partial charge in [-0.25, -0.2) is 0 Å². The van der Waals surface area contributed by atoms with E-state index in [1.54, 1.807) is 22.7 Å². The first-order valence-electron chi connectivity index (χ1n) is 5.31. The number of hydrogen-bond acceptors (Lipinski definition) is 3. The van der Waals surface area contributed by atoms with Crippen molar-refractivity contribution in [2.24, 2.45) is 0 Å². The van der Waals surface area contributed by atoms with Gasteiger partial charge in [-0.05, 0) is 42.5 Å². The van der Waals surface area contributed by atoms with Crippen molar-refractivity contribution in [3.8, 4) is 9.75 Å². The number of aryl methyl sites for hydroxylation is 2. The largest absolute Gasteiger partial charge is 0.293 e. The molecule has 2 rings (SSSR count). The van der Waals surface area contributed by atoms with E-state index in [4.69, 9.17) is 0 Å². The fraction of sp³-hybridized carbons (Fsp3) is 0.308. The fourth-order valence-corrected chi connectivity index (χ4v) is 4.01. The van der Waals surface area contributed by atoms with Gasteiger partial charge in [0.15, 0.2) is 5.78 Å². The second-order valence-corrected chi connectivity index (χ2v) is 5.80. The van der Waals surface area contributed by atoms with Crippen molar-refractivity contribution < 1.29 is 4.79 Å². The Balaban J connectivity index is 2.47. The topological polar surface area (TPSA) is 17.1 Å². The van der Waals surface area contributed by atoms with Crippen LogP contribution in [0.15, 0.2) is 17.5 Å². The summed E-state index contributed by atoms with van der Waals surface area (Å²) >= 11 is 3.37. The number of carbonyl (C=O) groups excluding carboxylic acids is 1. The van der Waals surface area contributed by atoms with Crippen LogP contribution in [0.2, 0.25) is 0 Å². The van der Waals surface area contributed by atoms with Crippen LogP contribution < -0.4 is 0 Å². The molecule has 0 unspecified atom stereocenters. The zero-order valence-electron chi connectivity index (χ0n) is 9.66. The van der Waals surface area contributed by atoms with E-state index in [2.05, 4.69) is 25.3 Å². The maximum atomic E-state index is 11.6. The van der Waals surface area contributed by atoms with Crippen molar-refractivity contribution in [1.82, 2.24) is 0 Å². The van der Waals surface area contributed by atoms with Crippen LogP contribution in [0.5, 0.6) is 0 Å². The highest BCUT2D eigenvalue weighted by Gasteiger charge is 2.14. The molecule has 16 heavy (non-hydrogen) atoms. The number of ketones is 1. The molecule has 0 saturated carbocycles. The van der Waals surface area contributed by atoms with Gasteiger partial charge in [-0.2, -0.15) is 0 Å². The highest BCUT2D eigenvalue weighted by atomic mass is 32.1. The fourth-order valence-electron chi connectivity index (χ4n) is 1.62. The van der Waals surface area contributed by atoms with Gasteiger partial charge in [-0.15, -0.1) is 22.7 Å². The molecule has 2 aromatic rings. The molecule has 0 saturated heterocycles. The molecule has 0 atom stereocenters. The van der Waals surface area contributed by atoms with E-state index in [1.807, 2.05) is 13.0 Å². The van der Waals surface area contributed by atoms with Crippen molar-refractivity contribution in [2.75, 3.05) is 0 Å². The minimum atomic E-state index is 0.244. The lowest BCUT2D eigenvalue weighted by Crippen LogP contribution is -1.90.